The molecule has 0 saturated carbocycles. The highest BCUT2D eigenvalue weighted by Crippen LogP contribution is 2.41. The first-order valence-corrected chi connectivity index (χ1v) is 13.0. The van der Waals surface area contributed by atoms with Gasteiger partial charge in [0.2, 0.25) is 5.91 Å². The molecule has 0 bridgehead atoms. The van der Waals surface area contributed by atoms with Gasteiger partial charge in [-0.25, -0.2) is 13.4 Å². The summed E-state index contributed by atoms with van der Waals surface area (Å²) in [5.74, 6) is 1.27. The third-order valence-electron chi connectivity index (χ3n) is 6.09. The smallest absolute Gasteiger partial charge is 0.220 e. The van der Waals surface area contributed by atoms with Gasteiger partial charge in [-0.1, -0.05) is 6.07 Å². The van der Waals surface area contributed by atoms with Crippen molar-refractivity contribution in [3.8, 4) is 23.0 Å². The number of nitrogens with zero attached hydrogens (tertiary/aromatic N) is 3. The molecule has 10 heteroatoms. The average molecular weight is 493 g/mol. The number of aliphatic hydroxyl groups is 1. The summed E-state index contributed by atoms with van der Waals surface area (Å²) in [7, 11) is -3.34. The van der Waals surface area contributed by atoms with E-state index in [1.165, 1.54) is 19.1 Å². The van der Waals surface area contributed by atoms with Crippen molar-refractivity contribution in [2.75, 3.05) is 12.8 Å². The zero-order chi connectivity index (χ0) is 24.7. The molecule has 2 atom stereocenters. The fraction of sp³-hybridized carbons (Fsp3) is 0.240. The van der Waals surface area contributed by atoms with Gasteiger partial charge in [-0.05, 0) is 48.9 Å². The SMILES string of the molecule is CC(=O)N1CCC(O)C1c1cc2[nH]c(-c3ccccn3)nc2cc1Oc1ccc(S(C)(=O)=O)cc1. The largest absolute Gasteiger partial charge is 0.457 e. The number of imidazole rings is 1. The van der Waals surface area contributed by atoms with Crippen LogP contribution in [0.1, 0.15) is 24.9 Å². The number of benzene rings is 2. The Kier molecular flexibility index (Phi) is 5.78. The molecule has 2 unspecified atom stereocenters. The Hall–Kier alpha value is -3.76. The lowest BCUT2D eigenvalue weighted by atomic mass is 10.00. The second kappa shape index (κ2) is 8.79. The van der Waals surface area contributed by atoms with Crippen LogP contribution in [-0.4, -0.2) is 58.2 Å². The highest BCUT2D eigenvalue weighted by molar-refractivity contribution is 7.90. The molecular formula is C25H24N4O5S. The summed E-state index contributed by atoms with van der Waals surface area (Å²) in [6.07, 6.45) is 2.52. The maximum atomic E-state index is 12.3. The van der Waals surface area contributed by atoms with Gasteiger partial charge in [-0.15, -0.1) is 0 Å². The van der Waals surface area contributed by atoms with Crippen molar-refractivity contribution in [1.29, 1.82) is 0 Å². The maximum Gasteiger partial charge on any atom is 0.220 e. The minimum Gasteiger partial charge on any atom is -0.457 e. The third kappa shape index (κ3) is 4.50. The number of hydrogen-bond donors (Lipinski definition) is 2. The van der Waals surface area contributed by atoms with Crippen LogP contribution in [-0.2, 0) is 14.6 Å². The van der Waals surface area contributed by atoms with Gasteiger partial charge in [0.05, 0.1) is 28.1 Å². The number of aromatic amines is 1. The molecule has 0 radical (unpaired) electrons. The van der Waals surface area contributed by atoms with E-state index in [1.54, 1.807) is 29.3 Å². The van der Waals surface area contributed by atoms with Crippen molar-refractivity contribution >= 4 is 26.8 Å². The number of fused-ring (bicyclic) bond motifs is 1. The Morgan fingerprint density at radius 3 is 2.60 bits per heavy atom. The standard InChI is InChI=1S/C25H24N4O5S/c1-15(30)29-12-10-22(31)24(29)18-13-20-21(28-25(27-20)19-5-3-4-11-26-19)14-23(18)34-16-6-8-17(9-7-16)35(2,32)33/h3-9,11,13-14,22,24,31H,10,12H2,1-2H3,(H,27,28). The molecule has 0 aliphatic carbocycles. The first-order chi connectivity index (χ1) is 16.7. The van der Waals surface area contributed by atoms with E-state index in [0.717, 1.165) is 6.26 Å². The normalized spacial score (nSPS) is 18.2. The predicted octanol–water partition coefficient (Wildman–Crippen LogP) is 3.47. The predicted molar refractivity (Wildman–Crippen MR) is 130 cm³/mol. The van der Waals surface area contributed by atoms with Gasteiger partial charge in [0.25, 0.3) is 0 Å². The van der Waals surface area contributed by atoms with Crippen LogP contribution in [0.2, 0.25) is 0 Å². The van der Waals surface area contributed by atoms with E-state index in [-0.39, 0.29) is 10.8 Å². The fourth-order valence-electron chi connectivity index (χ4n) is 4.38. The summed E-state index contributed by atoms with van der Waals surface area (Å²) in [4.78, 5) is 26.4. The van der Waals surface area contributed by atoms with E-state index >= 15 is 0 Å². The second-order valence-corrected chi connectivity index (χ2v) is 10.6. The number of sulfone groups is 1. The highest BCUT2D eigenvalue weighted by Gasteiger charge is 2.38. The van der Waals surface area contributed by atoms with Crippen LogP contribution in [0.25, 0.3) is 22.6 Å². The van der Waals surface area contributed by atoms with E-state index in [4.69, 9.17) is 4.74 Å². The molecule has 1 saturated heterocycles. The van der Waals surface area contributed by atoms with E-state index in [9.17, 15) is 18.3 Å². The minimum atomic E-state index is -3.34. The van der Waals surface area contributed by atoms with E-state index in [1.807, 2.05) is 24.3 Å². The summed E-state index contributed by atoms with van der Waals surface area (Å²) < 4.78 is 29.8. The van der Waals surface area contributed by atoms with Gasteiger partial charge in [0, 0.05) is 37.6 Å². The van der Waals surface area contributed by atoms with Crippen LogP contribution >= 0.6 is 0 Å². The molecule has 0 spiro atoms. The van der Waals surface area contributed by atoms with Gasteiger partial charge >= 0.3 is 0 Å². The van der Waals surface area contributed by atoms with E-state index in [2.05, 4.69) is 15.0 Å². The zero-order valence-corrected chi connectivity index (χ0v) is 20.0. The molecule has 2 N–H and O–H groups in total. The number of carbonyl (C=O) groups excluding carboxylic acids is 1. The Bertz CT molecular complexity index is 1500. The van der Waals surface area contributed by atoms with Gasteiger partial charge in [0.15, 0.2) is 15.7 Å². The Morgan fingerprint density at radius 2 is 1.94 bits per heavy atom. The summed E-state index contributed by atoms with van der Waals surface area (Å²) in [5, 5.41) is 10.8. The molecular weight excluding hydrogens is 468 g/mol. The van der Waals surface area contributed by atoms with Crippen molar-refractivity contribution in [3.05, 3.63) is 66.4 Å². The number of pyridine rings is 1. The first kappa shape index (κ1) is 23.0. The molecule has 3 heterocycles. The van der Waals surface area contributed by atoms with E-state index < -0.39 is 22.0 Å². The number of H-pyrrole nitrogens is 1. The maximum absolute atomic E-state index is 12.3. The van der Waals surface area contributed by atoms with Gasteiger partial charge in [-0.3, -0.25) is 9.78 Å². The number of nitrogens with one attached hydrogen (secondary N) is 1. The van der Waals surface area contributed by atoms with Crippen molar-refractivity contribution < 1.29 is 23.1 Å². The molecule has 1 amide bonds. The number of amides is 1. The lowest BCUT2D eigenvalue weighted by Gasteiger charge is -2.27. The Morgan fingerprint density at radius 1 is 1.17 bits per heavy atom. The van der Waals surface area contributed by atoms with Crippen molar-refractivity contribution in [2.45, 2.75) is 30.4 Å². The number of ether oxygens (including phenoxy) is 1. The molecule has 1 aliphatic rings. The van der Waals surface area contributed by atoms with Crippen LogP contribution in [0.4, 0.5) is 0 Å². The number of rotatable bonds is 5. The lowest BCUT2D eigenvalue weighted by molar-refractivity contribution is -0.130. The summed E-state index contributed by atoms with van der Waals surface area (Å²) in [5.41, 5.74) is 2.64. The molecule has 1 aliphatic heterocycles. The zero-order valence-electron chi connectivity index (χ0n) is 19.2. The van der Waals surface area contributed by atoms with Gasteiger partial charge < -0.3 is 19.7 Å². The molecule has 2 aromatic heterocycles. The van der Waals surface area contributed by atoms with E-state index in [0.29, 0.717) is 52.6 Å². The number of hydrogen-bond acceptors (Lipinski definition) is 7. The van der Waals surface area contributed by atoms with Crippen LogP contribution in [0.15, 0.2) is 65.7 Å². The molecule has 1 fully saturated rings. The number of likely N-dealkylation sites (tertiary alicyclic amines) is 1. The van der Waals surface area contributed by atoms with Gasteiger partial charge in [-0.2, -0.15) is 0 Å². The molecule has 5 rings (SSSR count). The summed E-state index contributed by atoms with van der Waals surface area (Å²) in [6.45, 7) is 1.91. The Labute approximate surface area is 202 Å². The molecule has 180 valence electrons. The van der Waals surface area contributed by atoms with Crippen LogP contribution in [0, 0.1) is 0 Å². The number of aromatic nitrogens is 3. The van der Waals surface area contributed by atoms with Crippen LogP contribution in [0.3, 0.4) is 0 Å². The highest BCUT2D eigenvalue weighted by atomic mass is 32.2. The summed E-state index contributed by atoms with van der Waals surface area (Å²) in [6, 6.07) is 14.6. The molecule has 35 heavy (non-hydrogen) atoms. The van der Waals surface area contributed by atoms with Crippen molar-refractivity contribution in [1.82, 2.24) is 19.9 Å². The van der Waals surface area contributed by atoms with Crippen LogP contribution in [0.5, 0.6) is 11.5 Å². The number of aliphatic hydroxyl groups excluding tert-OH is 1. The van der Waals surface area contributed by atoms with Crippen molar-refractivity contribution in [3.63, 3.8) is 0 Å². The average Bonchev–Trinajstić information content (AvgIpc) is 3.42. The molecule has 2 aromatic carbocycles. The fourth-order valence-corrected chi connectivity index (χ4v) is 5.01. The topological polar surface area (TPSA) is 125 Å². The molecule has 9 nitrogen and oxygen atoms in total. The van der Waals surface area contributed by atoms with Gasteiger partial charge in [0.1, 0.15) is 17.2 Å². The summed E-state index contributed by atoms with van der Waals surface area (Å²) >= 11 is 0. The van der Waals surface area contributed by atoms with Crippen molar-refractivity contribution in [2.24, 2.45) is 0 Å². The lowest BCUT2D eigenvalue weighted by Crippen LogP contribution is -2.31. The monoisotopic (exact) mass is 492 g/mol. The third-order valence-corrected chi connectivity index (χ3v) is 7.22. The second-order valence-electron chi connectivity index (χ2n) is 8.57. The molecule has 4 aromatic rings. The first-order valence-electron chi connectivity index (χ1n) is 11.1. The Balaban J connectivity index is 1.62. The quantitative estimate of drug-likeness (QED) is 0.437. The van der Waals surface area contributed by atoms with Crippen LogP contribution < -0.4 is 4.74 Å². The minimum absolute atomic E-state index is 0.145. The number of carbonyl (C=O) groups is 1.